The van der Waals surface area contributed by atoms with E-state index in [1.54, 1.807) is 10.9 Å². The zero-order valence-corrected chi connectivity index (χ0v) is 14.7. The van der Waals surface area contributed by atoms with Gasteiger partial charge in [0, 0.05) is 5.69 Å². The summed E-state index contributed by atoms with van der Waals surface area (Å²) in [5, 5.41) is 11.1. The molecular formula is C20H22N4O. The highest BCUT2D eigenvalue weighted by molar-refractivity contribution is 6.03. The Morgan fingerprint density at radius 1 is 1.12 bits per heavy atom. The first-order valence-corrected chi connectivity index (χ1v) is 8.39. The lowest BCUT2D eigenvalue weighted by Gasteiger charge is -2.15. The second kappa shape index (κ2) is 7.30. The fraction of sp³-hybridized carbons (Fsp3) is 0.250. The molecule has 1 heterocycles. The minimum Gasteiger partial charge on any atom is -0.320 e. The van der Waals surface area contributed by atoms with Crippen LogP contribution in [0.1, 0.15) is 46.9 Å². The molecule has 0 unspecified atom stereocenters. The first kappa shape index (κ1) is 16.9. The van der Waals surface area contributed by atoms with Gasteiger partial charge in [0.05, 0.1) is 12.7 Å². The molecule has 0 aliphatic rings. The highest BCUT2D eigenvalue weighted by Crippen LogP contribution is 2.27. The number of aryl methyl sites for hydroxylation is 1. The zero-order valence-electron chi connectivity index (χ0n) is 14.7. The summed E-state index contributed by atoms with van der Waals surface area (Å²) in [5.74, 6) is 0.0828. The van der Waals surface area contributed by atoms with Crippen molar-refractivity contribution in [3.05, 3.63) is 77.1 Å². The summed E-state index contributed by atoms with van der Waals surface area (Å²) in [6.45, 7) is 6.80. The van der Waals surface area contributed by atoms with Crippen molar-refractivity contribution in [3.63, 3.8) is 0 Å². The molecule has 128 valence electrons. The molecule has 1 amide bonds. The fourth-order valence-corrected chi connectivity index (χ4v) is 2.77. The van der Waals surface area contributed by atoms with Crippen LogP contribution in [0.5, 0.6) is 0 Å². The summed E-state index contributed by atoms with van der Waals surface area (Å²) in [4.78, 5) is 12.6. The standard InChI is InChI=1S/C20H22N4O/c1-14(2)17-11-7-8-15(3)19(17)21-20(25)18-13-24(23-22-18)12-16-9-5-4-6-10-16/h4-11,13-14H,12H2,1-3H3,(H,21,25). The van der Waals surface area contributed by atoms with E-state index in [9.17, 15) is 4.79 Å². The molecule has 1 N–H and O–H groups in total. The maximum absolute atomic E-state index is 12.6. The van der Waals surface area contributed by atoms with Gasteiger partial charge >= 0.3 is 0 Å². The van der Waals surface area contributed by atoms with Crippen LogP contribution in [-0.2, 0) is 6.54 Å². The first-order valence-electron chi connectivity index (χ1n) is 8.39. The highest BCUT2D eigenvalue weighted by atomic mass is 16.2. The molecular weight excluding hydrogens is 312 g/mol. The average Bonchev–Trinajstić information content (AvgIpc) is 3.06. The SMILES string of the molecule is Cc1cccc(C(C)C)c1NC(=O)c1cn(Cc2ccccc2)nn1. The number of hydrogen-bond donors (Lipinski definition) is 1. The number of rotatable bonds is 5. The van der Waals surface area contributed by atoms with Gasteiger partial charge in [-0.1, -0.05) is 67.6 Å². The van der Waals surface area contributed by atoms with Gasteiger partial charge in [0.2, 0.25) is 0 Å². The highest BCUT2D eigenvalue weighted by Gasteiger charge is 2.16. The van der Waals surface area contributed by atoms with Crippen molar-refractivity contribution in [3.8, 4) is 0 Å². The van der Waals surface area contributed by atoms with E-state index < -0.39 is 0 Å². The second-order valence-corrected chi connectivity index (χ2v) is 6.43. The molecule has 0 atom stereocenters. The quantitative estimate of drug-likeness (QED) is 0.767. The van der Waals surface area contributed by atoms with Crippen molar-refractivity contribution in [2.24, 2.45) is 0 Å². The number of nitrogens with zero attached hydrogens (tertiary/aromatic N) is 3. The van der Waals surface area contributed by atoms with Gasteiger partial charge in [0.15, 0.2) is 5.69 Å². The van der Waals surface area contributed by atoms with Crippen molar-refractivity contribution in [2.45, 2.75) is 33.2 Å². The Hall–Kier alpha value is -2.95. The van der Waals surface area contributed by atoms with E-state index in [0.717, 1.165) is 22.4 Å². The van der Waals surface area contributed by atoms with Crippen molar-refractivity contribution in [1.82, 2.24) is 15.0 Å². The Morgan fingerprint density at radius 3 is 2.60 bits per heavy atom. The van der Waals surface area contributed by atoms with Crippen LogP contribution in [-0.4, -0.2) is 20.9 Å². The van der Waals surface area contributed by atoms with E-state index in [1.807, 2.05) is 55.5 Å². The summed E-state index contributed by atoms with van der Waals surface area (Å²) < 4.78 is 1.67. The molecule has 2 aromatic carbocycles. The van der Waals surface area contributed by atoms with Crippen molar-refractivity contribution in [2.75, 3.05) is 5.32 Å². The smallest absolute Gasteiger partial charge is 0.277 e. The van der Waals surface area contributed by atoms with Gasteiger partial charge < -0.3 is 5.32 Å². The van der Waals surface area contributed by atoms with Crippen LogP contribution >= 0.6 is 0 Å². The summed E-state index contributed by atoms with van der Waals surface area (Å²) in [6, 6.07) is 16.0. The molecule has 3 rings (SSSR count). The number of anilines is 1. The molecule has 0 aliphatic heterocycles. The number of amides is 1. The van der Waals surface area contributed by atoms with E-state index >= 15 is 0 Å². The largest absolute Gasteiger partial charge is 0.320 e. The van der Waals surface area contributed by atoms with Crippen LogP contribution in [0.2, 0.25) is 0 Å². The van der Waals surface area contributed by atoms with Crippen molar-refractivity contribution < 1.29 is 4.79 Å². The van der Waals surface area contributed by atoms with Crippen molar-refractivity contribution in [1.29, 1.82) is 0 Å². The van der Waals surface area contributed by atoms with Crippen LogP contribution < -0.4 is 5.32 Å². The minimum absolute atomic E-state index is 0.240. The molecule has 1 aromatic heterocycles. The number of carbonyl (C=O) groups excluding carboxylic acids is 1. The Kier molecular flexibility index (Phi) is 4.93. The molecule has 0 fully saturated rings. The Bertz CT molecular complexity index is 868. The molecule has 5 heteroatoms. The normalized spacial score (nSPS) is 10.9. The number of nitrogens with one attached hydrogen (secondary N) is 1. The van der Waals surface area contributed by atoms with Gasteiger partial charge in [-0.05, 0) is 29.5 Å². The lowest BCUT2D eigenvalue weighted by Crippen LogP contribution is -2.15. The number of benzene rings is 2. The van der Waals surface area contributed by atoms with Crippen LogP contribution in [0.4, 0.5) is 5.69 Å². The summed E-state index contributed by atoms with van der Waals surface area (Å²) in [5.41, 5.74) is 4.44. The summed E-state index contributed by atoms with van der Waals surface area (Å²) >= 11 is 0. The molecule has 25 heavy (non-hydrogen) atoms. The van der Waals surface area contributed by atoms with Gasteiger partial charge in [-0.2, -0.15) is 0 Å². The van der Waals surface area contributed by atoms with Crippen LogP contribution in [0.25, 0.3) is 0 Å². The zero-order chi connectivity index (χ0) is 17.8. The summed E-state index contributed by atoms with van der Waals surface area (Å²) in [6.07, 6.45) is 1.68. The minimum atomic E-state index is -0.240. The summed E-state index contributed by atoms with van der Waals surface area (Å²) in [7, 11) is 0. The van der Waals surface area contributed by atoms with Crippen LogP contribution in [0, 0.1) is 6.92 Å². The third kappa shape index (κ3) is 3.94. The van der Waals surface area contributed by atoms with Gasteiger partial charge in [0.25, 0.3) is 5.91 Å². The van der Waals surface area contributed by atoms with E-state index in [0.29, 0.717) is 18.2 Å². The first-order chi connectivity index (χ1) is 12.0. The number of para-hydroxylation sites is 1. The predicted octanol–water partition coefficient (Wildman–Crippen LogP) is 4.01. The van der Waals surface area contributed by atoms with Crippen LogP contribution in [0.15, 0.2) is 54.7 Å². The maximum atomic E-state index is 12.6. The molecule has 0 radical (unpaired) electrons. The molecule has 5 nitrogen and oxygen atoms in total. The lowest BCUT2D eigenvalue weighted by atomic mass is 9.98. The molecule has 0 bridgehead atoms. The Morgan fingerprint density at radius 2 is 1.88 bits per heavy atom. The molecule has 0 spiro atoms. The van der Waals surface area contributed by atoms with Gasteiger partial charge in [-0.15, -0.1) is 5.10 Å². The third-order valence-electron chi connectivity index (χ3n) is 4.12. The van der Waals surface area contributed by atoms with Crippen molar-refractivity contribution >= 4 is 11.6 Å². The molecule has 0 saturated heterocycles. The maximum Gasteiger partial charge on any atom is 0.277 e. The predicted molar refractivity (Wildman–Crippen MR) is 98.8 cm³/mol. The second-order valence-electron chi connectivity index (χ2n) is 6.43. The fourth-order valence-electron chi connectivity index (χ4n) is 2.77. The average molecular weight is 334 g/mol. The lowest BCUT2D eigenvalue weighted by molar-refractivity contribution is 0.102. The number of carbonyl (C=O) groups is 1. The Labute approximate surface area is 147 Å². The molecule has 3 aromatic rings. The third-order valence-corrected chi connectivity index (χ3v) is 4.12. The van der Waals surface area contributed by atoms with Gasteiger partial charge in [-0.25, -0.2) is 4.68 Å². The Balaban J connectivity index is 1.77. The van der Waals surface area contributed by atoms with E-state index in [2.05, 4.69) is 29.5 Å². The number of aromatic nitrogens is 3. The van der Waals surface area contributed by atoms with Gasteiger partial charge in [-0.3, -0.25) is 4.79 Å². The van der Waals surface area contributed by atoms with Crippen LogP contribution in [0.3, 0.4) is 0 Å². The van der Waals surface area contributed by atoms with Gasteiger partial charge in [0.1, 0.15) is 0 Å². The number of hydrogen-bond acceptors (Lipinski definition) is 3. The van der Waals surface area contributed by atoms with E-state index in [4.69, 9.17) is 0 Å². The van der Waals surface area contributed by atoms with E-state index in [1.165, 1.54) is 0 Å². The van der Waals surface area contributed by atoms with E-state index in [-0.39, 0.29) is 5.91 Å². The topological polar surface area (TPSA) is 59.8 Å². The molecule has 0 saturated carbocycles. The molecule has 0 aliphatic carbocycles. The monoisotopic (exact) mass is 334 g/mol.